The van der Waals surface area contributed by atoms with Gasteiger partial charge < -0.3 is 10.3 Å². The molecule has 2 N–H and O–H groups in total. The van der Waals surface area contributed by atoms with Gasteiger partial charge in [0.1, 0.15) is 5.82 Å². The number of benzene rings is 1. The number of halogens is 1. The first-order valence-corrected chi connectivity index (χ1v) is 8.86. The lowest BCUT2D eigenvalue weighted by molar-refractivity contribution is 0.795. The number of hydrogen-bond acceptors (Lipinski definition) is 3. The number of hydrogen-bond donors (Lipinski definition) is 1. The lowest BCUT2D eigenvalue weighted by atomic mass is 10.1. The number of imidazole rings is 1. The first kappa shape index (κ1) is 13.3. The summed E-state index contributed by atoms with van der Waals surface area (Å²) >= 11 is 5.27. The van der Waals surface area contributed by atoms with Crippen LogP contribution in [0.2, 0.25) is 0 Å². The van der Waals surface area contributed by atoms with Gasteiger partial charge in [-0.1, -0.05) is 15.9 Å². The molecule has 0 bridgehead atoms. The predicted octanol–water partition coefficient (Wildman–Crippen LogP) is 4.62. The molecule has 1 aliphatic carbocycles. The van der Waals surface area contributed by atoms with Gasteiger partial charge >= 0.3 is 0 Å². The summed E-state index contributed by atoms with van der Waals surface area (Å²) in [5.41, 5.74) is 11.1. The Morgan fingerprint density at radius 3 is 3.05 bits per heavy atom. The summed E-state index contributed by atoms with van der Waals surface area (Å²) in [7, 11) is 0. The lowest BCUT2D eigenvalue weighted by Gasteiger charge is -2.07. The number of nitrogens with zero attached hydrogens (tertiary/aromatic N) is 2. The quantitative estimate of drug-likeness (QED) is 0.723. The molecule has 0 saturated carbocycles. The van der Waals surface area contributed by atoms with E-state index in [0.717, 1.165) is 33.8 Å². The number of nitrogens with two attached hydrogens (primary N) is 1. The number of aromatic nitrogens is 2. The summed E-state index contributed by atoms with van der Waals surface area (Å²) in [4.78, 5) is 6.34. The van der Waals surface area contributed by atoms with Crippen LogP contribution in [-0.2, 0) is 19.4 Å². The molecule has 0 fully saturated rings. The molecule has 5 heteroatoms. The van der Waals surface area contributed by atoms with Crippen LogP contribution in [0.1, 0.15) is 23.8 Å². The summed E-state index contributed by atoms with van der Waals surface area (Å²) < 4.78 is 3.34. The maximum atomic E-state index is 6.31. The van der Waals surface area contributed by atoms with E-state index in [-0.39, 0.29) is 0 Å². The number of thiophene rings is 1. The van der Waals surface area contributed by atoms with Crippen molar-refractivity contribution < 1.29 is 0 Å². The average molecular weight is 362 g/mol. The zero-order chi connectivity index (χ0) is 14.6. The fraction of sp³-hybridized carbons (Fsp3) is 0.312. The average Bonchev–Trinajstić information content (AvgIpc) is 3.09. The molecule has 0 radical (unpaired) electrons. The van der Waals surface area contributed by atoms with Gasteiger partial charge in [0.15, 0.2) is 0 Å². The molecule has 0 spiro atoms. The summed E-state index contributed by atoms with van der Waals surface area (Å²) in [6, 6.07) is 6.28. The largest absolute Gasteiger partial charge is 0.390 e. The Morgan fingerprint density at radius 2 is 2.24 bits per heavy atom. The molecule has 4 rings (SSSR count). The van der Waals surface area contributed by atoms with Crippen molar-refractivity contribution in [1.29, 1.82) is 0 Å². The topological polar surface area (TPSA) is 43.8 Å². The van der Waals surface area contributed by atoms with Crippen molar-refractivity contribution in [2.45, 2.75) is 32.7 Å². The first-order valence-electron chi connectivity index (χ1n) is 7.25. The molecule has 0 unspecified atom stereocenters. The number of aryl methyl sites for hydroxylation is 2. The summed E-state index contributed by atoms with van der Waals surface area (Å²) in [5, 5.41) is 0.920. The van der Waals surface area contributed by atoms with Gasteiger partial charge in [0.05, 0.1) is 21.6 Å². The third-order valence-electron chi connectivity index (χ3n) is 4.20. The Balaban J connectivity index is 2.02. The Labute approximate surface area is 135 Å². The second-order valence-electron chi connectivity index (χ2n) is 5.41. The van der Waals surface area contributed by atoms with E-state index >= 15 is 0 Å². The molecule has 1 aliphatic rings. The fourth-order valence-corrected chi connectivity index (χ4v) is 4.79. The van der Waals surface area contributed by atoms with E-state index in [2.05, 4.69) is 45.6 Å². The van der Waals surface area contributed by atoms with E-state index in [4.69, 9.17) is 10.7 Å². The maximum Gasteiger partial charge on any atom is 0.144 e. The molecule has 1 aromatic carbocycles. The number of anilines is 1. The van der Waals surface area contributed by atoms with Gasteiger partial charge in [-0.2, -0.15) is 0 Å². The van der Waals surface area contributed by atoms with Crippen LogP contribution in [0.5, 0.6) is 0 Å². The van der Waals surface area contributed by atoms with Gasteiger partial charge in [0.2, 0.25) is 0 Å². The van der Waals surface area contributed by atoms with E-state index < -0.39 is 0 Å². The second kappa shape index (κ2) is 4.85. The molecular formula is C16H16BrN3S. The van der Waals surface area contributed by atoms with Crippen molar-refractivity contribution in [3.8, 4) is 11.4 Å². The summed E-state index contributed by atoms with van der Waals surface area (Å²) in [5.74, 6) is 1.03. The zero-order valence-corrected chi connectivity index (χ0v) is 14.2. The van der Waals surface area contributed by atoms with Crippen molar-refractivity contribution in [3.05, 3.63) is 33.1 Å². The van der Waals surface area contributed by atoms with E-state index in [1.54, 1.807) is 11.3 Å². The van der Waals surface area contributed by atoms with Crippen LogP contribution >= 0.6 is 27.3 Å². The number of fused-ring (bicyclic) bond motifs is 2. The number of rotatable bonds is 2. The SMILES string of the molecule is CCn1c(-c2c(N)sc3c2CCC3)nc2cc(Br)ccc21. The van der Waals surface area contributed by atoms with Crippen LogP contribution in [0, 0.1) is 0 Å². The number of nitrogen functional groups attached to an aromatic ring is 1. The Hall–Kier alpha value is -1.33. The van der Waals surface area contributed by atoms with Crippen molar-refractivity contribution in [1.82, 2.24) is 9.55 Å². The smallest absolute Gasteiger partial charge is 0.144 e. The minimum absolute atomic E-state index is 0.900. The minimum Gasteiger partial charge on any atom is -0.390 e. The van der Waals surface area contributed by atoms with Gasteiger partial charge in [-0.05, 0) is 49.9 Å². The zero-order valence-electron chi connectivity index (χ0n) is 11.8. The molecule has 0 aliphatic heterocycles. The van der Waals surface area contributed by atoms with Crippen LogP contribution < -0.4 is 5.73 Å². The van der Waals surface area contributed by atoms with E-state index in [1.165, 1.54) is 34.4 Å². The van der Waals surface area contributed by atoms with Crippen molar-refractivity contribution >= 4 is 43.3 Å². The van der Waals surface area contributed by atoms with Crippen LogP contribution in [0.4, 0.5) is 5.00 Å². The Bertz CT molecular complexity index is 847. The molecular weight excluding hydrogens is 346 g/mol. The maximum absolute atomic E-state index is 6.31. The van der Waals surface area contributed by atoms with E-state index in [9.17, 15) is 0 Å². The Morgan fingerprint density at radius 1 is 1.38 bits per heavy atom. The lowest BCUT2D eigenvalue weighted by Crippen LogP contribution is -2.00. The van der Waals surface area contributed by atoms with Gasteiger partial charge in [0.25, 0.3) is 0 Å². The molecule has 0 atom stereocenters. The molecule has 0 amide bonds. The van der Waals surface area contributed by atoms with Gasteiger partial charge in [-0.25, -0.2) is 4.98 Å². The van der Waals surface area contributed by atoms with Crippen LogP contribution in [0.3, 0.4) is 0 Å². The molecule has 3 aromatic rings. The van der Waals surface area contributed by atoms with Crippen LogP contribution in [-0.4, -0.2) is 9.55 Å². The normalized spacial score (nSPS) is 14.0. The fourth-order valence-electron chi connectivity index (χ4n) is 3.28. The molecule has 0 saturated heterocycles. The minimum atomic E-state index is 0.900. The van der Waals surface area contributed by atoms with Crippen LogP contribution in [0.25, 0.3) is 22.4 Å². The van der Waals surface area contributed by atoms with Crippen LogP contribution in [0.15, 0.2) is 22.7 Å². The predicted molar refractivity (Wildman–Crippen MR) is 92.9 cm³/mol. The molecule has 2 heterocycles. The molecule has 108 valence electrons. The van der Waals surface area contributed by atoms with E-state index in [0.29, 0.717) is 0 Å². The highest BCUT2D eigenvalue weighted by molar-refractivity contribution is 9.10. The highest BCUT2D eigenvalue weighted by Gasteiger charge is 2.25. The van der Waals surface area contributed by atoms with Gasteiger partial charge in [-0.15, -0.1) is 11.3 Å². The summed E-state index contributed by atoms with van der Waals surface area (Å²) in [6.07, 6.45) is 3.55. The molecule has 2 aromatic heterocycles. The van der Waals surface area contributed by atoms with Gasteiger partial charge in [0, 0.05) is 15.9 Å². The molecule has 3 nitrogen and oxygen atoms in total. The van der Waals surface area contributed by atoms with E-state index in [1.807, 2.05) is 0 Å². The standard InChI is InChI=1S/C16H16BrN3S/c1-2-20-12-7-6-9(17)8-11(12)19-16(20)14-10-4-3-5-13(10)21-15(14)18/h6-8H,2-5,18H2,1H3. The highest BCUT2D eigenvalue weighted by atomic mass is 79.9. The summed E-state index contributed by atoms with van der Waals surface area (Å²) in [6.45, 7) is 3.06. The first-order chi connectivity index (χ1) is 10.2. The van der Waals surface area contributed by atoms with Crippen molar-refractivity contribution in [3.63, 3.8) is 0 Å². The Kier molecular flexibility index (Phi) is 3.08. The highest BCUT2D eigenvalue weighted by Crippen LogP contribution is 2.43. The monoisotopic (exact) mass is 361 g/mol. The van der Waals surface area contributed by atoms with Gasteiger partial charge in [-0.3, -0.25) is 0 Å². The third kappa shape index (κ3) is 1.94. The van der Waals surface area contributed by atoms with Crippen molar-refractivity contribution in [2.75, 3.05) is 5.73 Å². The third-order valence-corrected chi connectivity index (χ3v) is 5.81. The van der Waals surface area contributed by atoms with Crippen molar-refractivity contribution in [2.24, 2.45) is 0 Å². The molecule has 21 heavy (non-hydrogen) atoms. The second-order valence-corrected chi connectivity index (χ2v) is 7.46.